The molecule has 0 spiro atoms. The highest BCUT2D eigenvalue weighted by atomic mass is 16.6. The predicted molar refractivity (Wildman–Crippen MR) is 44.5 cm³/mol. The standard InChI is InChI=1S/C9H14O4/c10-9(11)8-5-12-6-3-1-2-4-7(6)13-8/h6-8H,1-5H2,(H,10,11)/t6-,7-,8-/m1/s1. The van der Waals surface area contributed by atoms with E-state index in [9.17, 15) is 4.79 Å². The lowest BCUT2D eigenvalue weighted by molar-refractivity contribution is -0.205. The van der Waals surface area contributed by atoms with Crippen LogP contribution < -0.4 is 0 Å². The molecule has 3 atom stereocenters. The number of carboxylic acid groups (broad SMARTS) is 1. The molecule has 0 aromatic rings. The van der Waals surface area contributed by atoms with Gasteiger partial charge in [-0.3, -0.25) is 0 Å². The van der Waals surface area contributed by atoms with Gasteiger partial charge in [0.2, 0.25) is 0 Å². The summed E-state index contributed by atoms with van der Waals surface area (Å²) in [7, 11) is 0. The molecular formula is C9H14O4. The monoisotopic (exact) mass is 186 g/mol. The van der Waals surface area contributed by atoms with Crippen LogP contribution in [0.5, 0.6) is 0 Å². The molecule has 0 aromatic heterocycles. The molecule has 0 aromatic carbocycles. The van der Waals surface area contributed by atoms with E-state index in [-0.39, 0.29) is 18.8 Å². The van der Waals surface area contributed by atoms with Crippen LogP contribution in [0.25, 0.3) is 0 Å². The van der Waals surface area contributed by atoms with E-state index in [1.54, 1.807) is 0 Å². The molecule has 1 aliphatic carbocycles. The highest BCUT2D eigenvalue weighted by Crippen LogP contribution is 2.28. The van der Waals surface area contributed by atoms with Crippen molar-refractivity contribution in [3.05, 3.63) is 0 Å². The summed E-state index contributed by atoms with van der Waals surface area (Å²) in [5, 5.41) is 8.72. The van der Waals surface area contributed by atoms with E-state index in [1.165, 1.54) is 6.42 Å². The van der Waals surface area contributed by atoms with Crippen LogP contribution in [0.15, 0.2) is 0 Å². The fourth-order valence-corrected chi connectivity index (χ4v) is 2.00. The first-order chi connectivity index (χ1) is 6.27. The largest absolute Gasteiger partial charge is 0.479 e. The molecule has 1 saturated heterocycles. The minimum atomic E-state index is -0.913. The Morgan fingerprint density at radius 1 is 1.23 bits per heavy atom. The molecule has 2 rings (SSSR count). The molecule has 2 fully saturated rings. The van der Waals surface area contributed by atoms with Gasteiger partial charge >= 0.3 is 5.97 Å². The van der Waals surface area contributed by atoms with E-state index < -0.39 is 12.1 Å². The average molecular weight is 186 g/mol. The third-order valence-corrected chi connectivity index (χ3v) is 2.72. The molecule has 0 unspecified atom stereocenters. The van der Waals surface area contributed by atoms with Crippen LogP contribution in [-0.4, -0.2) is 36.0 Å². The number of hydrogen-bond acceptors (Lipinski definition) is 3. The van der Waals surface area contributed by atoms with Crippen LogP contribution in [0.3, 0.4) is 0 Å². The van der Waals surface area contributed by atoms with Crippen molar-refractivity contribution in [1.29, 1.82) is 0 Å². The van der Waals surface area contributed by atoms with Gasteiger partial charge in [-0.05, 0) is 12.8 Å². The summed E-state index contributed by atoms with van der Waals surface area (Å²) in [5.41, 5.74) is 0. The number of rotatable bonds is 1. The first-order valence-electron chi connectivity index (χ1n) is 4.77. The molecule has 4 nitrogen and oxygen atoms in total. The van der Waals surface area contributed by atoms with Gasteiger partial charge < -0.3 is 14.6 Å². The zero-order valence-corrected chi connectivity index (χ0v) is 7.44. The molecule has 4 heteroatoms. The maximum Gasteiger partial charge on any atom is 0.335 e. The summed E-state index contributed by atoms with van der Waals surface area (Å²) in [6.07, 6.45) is 3.65. The Bertz CT molecular complexity index is 204. The third-order valence-electron chi connectivity index (χ3n) is 2.72. The van der Waals surface area contributed by atoms with Gasteiger partial charge in [-0.2, -0.15) is 0 Å². The highest BCUT2D eigenvalue weighted by molar-refractivity contribution is 5.72. The molecule has 1 heterocycles. The molecule has 1 N–H and O–H groups in total. The van der Waals surface area contributed by atoms with Crippen molar-refractivity contribution in [2.24, 2.45) is 0 Å². The number of aliphatic carboxylic acids is 1. The summed E-state index contributed by atoms with van der Waals surface area (Å²) < 4.78 is 10.9. The van der Waals surface area contributed by atoms with Crippen LogP contribution in [0.4, 0.5) is 0 Å². The second kappa shape index (κ2) is 3.64. The molecule has 0 amide bonds. The van der Waals surface area contributed by atoms with Crippen molar-refractivity contribution in [1.82, 2.24) is 0 Å². The van der Waals surface area contributed by atoms with E-state index in [0.717, 1.165) is 19.3 Å². The number of carbonyl (C=O) groups is 1. The summed E-state index contributed by atoms with van der Waals surface area (Å²) >= 11 is 0. The number of fused-ring (bicyclic) bond motifs is 1. The Labute approximate surface area is 76.8 Å². The highest BCUT2D eigenvalue weighted by Gasteiger charge is 2.36. The third kappa shape index (κ3) is 1.84. The predicted octanol–water partition coefficient (Wildman–Crippen LogP) is 0.798. The SMILES string of the molecule is O=C(O)[C@H]1CO[C@@H]2CCCC[C@H]2O1. The fraction of sp³-hybridized carbons (Fsp3) is 0.889. The van der Waals surface area contributed by atoms with Crippen molar-refractivity contribution >= 4 is 5.97 Å². The lowest BCUT2D eigenvalue weighted by Gasteiger charge is -2.37. The molecular weight excluding hydrogens is 172 g/mol. The van der Waals surface area contributed by atoms with E-state index in [0.29, 0.717) is 0 Å². The van der Waals surface area contributed by atoms with E-state index in [2.05, 4.69) is 0 Å². The van der Waals surface area contributed by atoms with Gasteiger partial charge in [-0.25, -0.2) is 4.79 Å². The zero-order valence-electron chi connectivity index (χ0n) is 7.44. The summed E-state index contributed by atoms with van der Waals surface area (Å²) in [5.74, 6) is -0.913. The Hall–Kier alpha value is -0.610. The first kappa shape index (κ1) is 8.97. The lowest BCUT2D eigenvalue weighted by atomic mass is 9.93. The van der Waals surface area contributed by atoms with Gasteiger partial charge in [0.15, 0.2) is 6.10 Å². The Balaban J connectivity index is 1.95. The summed E-state index contributed by atoms with van der Waals surface area (Å²) in [6.45, 7) is 0.205. The van der Waals surface area contributed by atoms with Crippen molar-refractivity contribution in [2.75, 3.05) is 6.61 Å². The van der Waals surface area contributed by atoms with Crippen LogP contribution >= 0.6 is 0 Å². The number of hydrogen-bond donors (Lipinski definition) is 1. The maximum atomic E-state index is 10.6. The van der Waals surface area contributed by atoms with Crippen molar-refractivity contribution in [3.63, 3.8) is 0 Å². The maximum absolute atomic E-state index is 10.6. The minimum absolute atomic E-state index is 0.0172. The lowest BCUT2D eigenvalue weighted by Crippen LogP contribution is -2.47. The van der Waals surface area contributed by atoms with Crippen LogP contribution in [0, 0.1) is 0 Å². The van der Waals surface area contributed by atoms with E-state index >= 15 is 0 Å². The second-order valence-electron chi connectivity index (χ2n) is 3.66. The second-order valence-corrected chi connectivity index (χ2v) is 3.66. The summed E-state index contributed by atoms with van der Waals surface area (Å²) in [4.78, 5) is 10.6. The Kier molecular flexibility index (Phi) is 2.51. The van der Waals surface area contributed by atoms with Gasteiger partial charge in [0.1, 0.15) is 0 Å². The van der Waals surface area contributed by atoms with Crippen molar-refractivity contribution < 1.29 is 19.4 Å². The van der Waals surface area contributed by atoms with Crippen LogP contribution in [0.1, 0.15) is 25.7 Å². The minimum Gasteiger partial charge on any atom is -0.479 e. The van der Waals surface area contributed by atoms with Gasteiger partial charge in [0, 0.05) is 0 Å². The molecule has 2 aliphatic rings. The zero-order chi connectivity index (χ0) is 9.26. The van der Waals surface area contributed by atoms with E-state index in [1.807, 2.05) is 0 Å². The number of ether oxygens (including phenoxy) is 2. The van der Waals surface area contributed by atoms with Gasteiger partial charge in [-0.1, -0.05) is 12.8 Å². The normalized spacial score (nSPS) is 39.5. The molecule has 1 saturated carbocycles. The van der Waals surface area contributed by atoms with Crippen molar-refractivity contribution in [3.8, 4) is 0 Å². The van der Waals surface area contributed by atoms with E-state index in [4.69, 9.17) is 14.6 Å². The Morgan fingerprint density at radius 2 is 1.92 bits per heavy atom. The van der Waals surface area contributed by atoms with Gasteiger partial charge in [-0.15, -0.1) is 0 Å². The smallest absolute Gasteiger partial charge is 0.335 e. The molecule has 0 bridgehead atoms. The molecule has 0 radical (unpaired) electrons. The summed E-state index contributed by atoms with van der Waals surface area (Å²) in [6, 6.07) is 0. The topological polar surface area (TPSA) is 55.8 Å². The van der Waals surface area contributed by atoms with Gasteiger partial charge in [0.05, 0.1) is 18.8 Å². The van der Waals surface area contributed by atoms with Crippen LogP contribution in [0.2, 0.25) is 0 Å². The molecule has 1 aliphatic heterocycles. The van der Waals surface area contributed by atoms with Crippen LogP contribution in [-0.2, 0) is 14.3 Å². The fourth-order valence-electron chi connectivity index (χ4n) is 2.00. The van der Waals surface area contributed by atoms with Crippen molar-refractivity contribution in [2.45, 2.75) is 44.0 Å². The quantitative estimate of drug-likeness (QED) is 0.658. The average Bonchev–Trinajstić information content (AvgIpc) is 2.17. The van der Waals surface area contributed by atoms with Gasteiger partial charge in [0.25, 0.3) is 0 Å². The first-order valence-corrected chi connectivity index (χ1v) is 4.77. The molecule has 13 heavy (non-hydrogen) atoms. The number of carboxylic acids is 1. The Morgan fingerprint density at radius 3 is 2.62 bits per heavy atom. The molecule has 74 valence electrons.